The average molecular weight is 258 g/mol. The summed E-state index contributed by atoms with van der Waals surface area (Å²) < 4.78 is 0. The standard InChI is InChI=1S/C13H20ClNS/c1-3-10(2)13(15)9-16-8-11-4-6-12(14)7-5-11/h4-7,10,13H,3,8-9,15H2,1-2H3. The molecule has 0 saturated carbocycles. The van der Waals surface area contributed by atoms with E-state index in [1.54, 1.807) is 0 Å². The van der Waals surface area contributed by atoms with Gasteiger partial charge in [-0.15, -0.1) is 0 Å². The van der Waals surface area contributed by atoms with Gasteiger partial charge < -0.3 is 5.73 Å². The zero-order chi connectivity index (χ0) is 12.0. The zero-order valence-electron chi connectivity index (χ0n) is 9.95. The summed E-state index contributed by atoms with van der Waals surface area (Å²) in [6.45, 7) is 4.40. The van der Waals surface area contributed by atoms with Crippen molar-refractivity contribution in [3.05, 3.63) is 34.9 Å². The quantitative estimate of drug-likeness (QED) is 0.835. The van der Waals surface area contributed by atoms with Crippen LogP contribution in [0.2, 0.25) is 5.02 Å². The molecule has 0 amide bonds. The van der Waals surface area contributed by atoms with Gasteiger partial charge >= 0.3 is 0 Å². The molecule has 2 atom stereocenters. The largest absolute Gasteiger partial charge is 0.327 e. The van der Waals surface area contributed by atoms with Crippen molar-refractivity contribution < 1.29 is 0 Å². The fourth-order valence-electron chi connectivity index (χ4n) is 1.36. The summed E-state index contributed by atoms with van der Waals surface area (Å²) in [5.41, 5.74) is 7.38. The van der Waals surface area contributed by atoms with E-state index < -0.39 is 0 Å². The Morgan fingerprint density at radius 3 is 2.50 bits per heavy atom. The zero-order valence-corrected chi connectivity index (χ0v) is 11.5. The van der Waals surface area contributed by atoms with Crippen LogP contribution in [0.15, 0.2) is 24.3 Å². The molecule has 1 aromatic rings. The van der Waals surface area contributed by atoms with E-state index in [9.17, 15) is 0 Å². The molecule has 0 saturated heterocycles. The highest BCUT2D eigenvalue weighted by Gasteiger charge is 2.10. The third kappa shape index (κ3) is 4.77. The molecular weight excluding hydrogens is 238 g/mol. The maximum atomic E-state index is 6.07. The summed E-state index contributed by atoms with van der Waals surface area (Å²) in [5.74, 6) is 2.65. The lowest BCUT2D eigenvalue weighted by molar-refractivity contribution is 0.475. The molecule has 0 aliphatic carbocycles. The van der Waals surface area contributed by atoms with Crippen LogP contribution in [0.4, 0.5) is 0 Å². The predicted octanol–water partition coefficient (Wildman–Crippen LogP) is 3.95. The number of benzene rings is 1. The Hall–Kier alpha value is -0.180. The highest BCUT2D eigenvalue weighted by atomic mass is 35.5. The van der Waals surface area contributed by atoms with Crippen molar-refractivity contribution in [3.8, 4) is 0 Å². The van der Waals surface area contributed by atoms with Crippen molar-refractivity contribution in [1.82, 2.24) is 0 Å². The van der Waals surface area contributed by atoms with Crippen LogP contribution in [-0.4, -0.2) is 11.8 Å². The lowest BCUT2D eigenvalue weighted by atomic mass is 10.0. The van der Waals surface area contributed by atoms with Gasteiger partial charge in [-0.3, -0.25) is 0 Å². The first-order valence-corrected chi connectivity index (χ1v) is 7.24. The normalized spacial score (nSPS) is 14.8. The lowest BCUT2D eigenvalue weighted by Crippen LogP contribution is -2.30. The van der Waals surface area contributed by atoms with Crippen LogP contribution in [0.3, 0.4) is 0 Å². The number of rotatable bonds is 6. The van der Waals surface area contributed by atoms with Gasteiger partial charge in [-0.2, -0.15) is 11.8 Å². The van der Waals surface area contributed by atoms with Crippen molar-refractivity contribution in [1.29, 1.82) is 0 Å². The number of halogens is 1. The topological polar surface area (TPSA) is 26.0 Å². The van der Waals surface area contributed by atoms with Crippen LogP contribution in [0, 0.1) is 5.92 Å². The van der Waals surface area contributed by atoms with E-state index in [0.717, 1.165) is 22.9 Å². The van der Waals surface area contributed by atoms with Gasteiger partial charge in [0, 0.05) is 22.6 Å². The number of hydrogen-bond acceptors (Lipinski definition) is 2. The molecule has 3 heteroatoms. The van der Waals surface area contributed by atoms with Gasteiger partial charge in [-0.05, 0) is 23.6 Å². The maximum absolute atomic E-state index is 6.07. The molecule has 1 rings (SSSR count). The molecule has 2 N–H and O–H groups in total. The summed E-state index contributed by atoms with van der Waals surface area (Å²) in [4.78, 5) is 0. The second-order valence-corrected chi connectivity index (χ2v) is 5.66. The van der Waals surface area contributed by atoms with Crippen LogP contribution < -0.4 is 5.73 Å². The minimum absolute atomic E-state index is 0.308. The first kappa shape index (κ1) is 13.9. The maximum Gasteiger partial charge on any atom is 0.0406 e. The molecule has 0 heterocycles. The Bertz CT molecular complexity index is 299. The number of hydrogen-bond donors (Lipinski definition) is 1. The lowest BCUT2D eigenvalue weighted by Gasteiger charge is -2.17. The van der Waals surface area contributed by atoms with Gasteiger partial charge in [-0.25, -0.2) is 0 Å². The van der Waals surface area contributed by atoms with Crippen LogP contribution >= 0.6 is 23.4 Å². The third-order valence-corrected chi connectivity index (χ3v) is 4.28. The monoisotopic (exact) mass is 257 g/mol. The highest BCUT2D eigenvalue weighted by Crippen LogP contribution is 2.18. The van der Waals surface area contributed by atoms with Crippen molar-refractivity contribution in [2.75, 3.05) is 5.75 Å². The molecule has 1 aromatic carbocycles. The van der Waals surface area contributed by atoms with Crippen molar-refractivity contribution in [3.63, 3.8) is 0 Å². The molecule has 1 nitrogen and oxygen atoms in total. The molecule has 90 valence electrons. The van der Waals surface area contributed by atoms with Gasteiger partial charge in [0.2, 0.25) is 0 Å². The van der Waals surface area contributed by atoms with Crippen LogP contribution in [0.1, 0.15) is 25.8 Å². The van der Waals surface area contributed by atoms with Crippen LogP contribution in [-0.2, 0) is 5.75 Å². The smallest absolute Gasteiger partial charge is 0.0406 e. The summed E-state index contributed by atoms with van der Waals surface area (Å²) in [7, 11) is 0. The second kappa shape index (κ2) is 7.21. The molecule has 0 aliphatic rings. The molecular formula is C13H20ClNS. The molecule has 0 bridgehead atoms. The molecule has 0 radical (unpaired) electrons. The molecule has 2 unspecified atom stereocenters. The third-order valence-electron chi connectivity index (χ3n) is 2.87. The van der Waals surface area contributed by atoms with Gasteiger partial charge in [0.25, 0.3) is 0 Å². The minimum Gasteiger partial charge on any atom is -0.327 e. The van der Waals surface area contributed by atoms with Gasteiger partial charge in [-0.1, -0.05) is 44.0 Å². The Morgan fingerprint density at radius 2 is 1.94 bits per heavy atom. The first-order valence-electron chi connectivity index (χ1n) is 5.71. The van der Waals surface area contributed by atoms with Gasteiger partial charge in [0.15, 0.2) is 0 Å². The van der Waals surface area contributed by atoms with Crippen LogP contribution in [0.5, 0.6) is 0 Å². The van der Waals surface area contributed by atoms with E-state index in [4.69, 9.17) is 17.3 Å². The van der Waals surface area contributed by atoms with E-state index in [2.05, 4.69) is 26.0 Å². The average Bonchev–Trinajstić information content (AvgIpc) is 2.30. The van der Waals surface area contributed by atoms with Crippen molar-refractivity contribution in [2.24, 2.45) is 11.7 Å². The van der Waals surface area contributed by atoms with E-state index in [1.165, 1.54) is 5.56 Å². The Kier molecular flexibility index (Phi) is 6.25. The van der Waals surface area contributed by atoms with E-state index in [0.29, 0.717) is 12.0 Å². The SMILES string of the molecule is CCC(C)C(N)CSCc1ccc(Cl)cc1. The fraction of sp³-hybridized carbons (Fsp3) is 0.538. The first-order chi connectivity index (χ1) is 7.63. The Balaban J connectivity index is 2.27. The highest BCUT2D eigenvalue weighted by molar-refractivity contribution is 7.98. The summed E-state index contributed by atoms with van der Waals surface area (Å²) >= 11 is 7.73. The van der Waals surface area contributed by atoms with E-state index >= 15 is 0 Å². The summed E-state index contributed by atoms with van der Waals surface area (Å²) in [5, 5.41) is 0.796. The van der Waals surface area contributed by atoms with Crippen molar-refractivity contribution >= 4 is 23.4 Å². The number of thioether (sulfide) groups is 1. The second-order valence-electron chi connectivity index (χ2n) is 4.19. The van der Waals surface area contributed by atoms with Crippen molar-refractivity contribution in [2.45, 2.75) is 32.1 Å². The number of nitrogens with two attached hydrogens (primary N) is 1. The van der Waals surface area contributed by atoms with Gasteiger partial charge in [0.1, 0.15) is 0 Å². The van der Waals surface area contributed by atoms with E-state index in [1.807, 2.05) is 23.9 Å². The molecule has 16 heavy (non-hydrogen) atoms. The van der Waals surface area contributed by atoms with E-state index in [-0.39, 0.29) is 0 Å². The summed E-state index contributed by atoms with van der Waals surface area (Å²) in [6, 6.07) is 8.33. The van der Waals surface area contributed by atoms with Crippen LogP contribution in [0.25, 0.3) is 0 Å². The predicted molar refractivity (Wildman–Crippen MR) is 75.0 cm³/mol. The fourth-order valence-corrected chi connectivity index (χ4v) is 2.63. The molecule has 0 aliphatic heterocycles. The molecule has 0 fully saturated rings. The summed E-state index contributed by atoms with van der Waals surface area (Å²) in [6.07, 6.45) is 1.16. The molecule has 0 aromatic heterocycles. The van der Waals surface area contributed by atoms with Gasteiger partial charge in [0.05, 0.1) is 0 Å². The minimum atomic E-state index is 0.308. The molecule has 0 spiro atoms. The Labute approximate surface area is 108 Å². The Morgan fingerprint density at radius 1 is 1.31 bits per heavy atom.